The number of hydrogen-bond donors (Lipinski definition) is 1. The molecule has 106 valence electrons. The van der Waals surface area contributed by atoms with Gasteiger partial charge in [0, 0.05) is 26.2 Å². The lowest BCUT2D eigenvalue weighted by Crippen LogP contribution is -2.49. The fourth-order valence-corrected chi connectivity index (χ4v) is 3.84. The first-order valence-electron chi connectivity index (χ1n) is 6.93. The van der Waals surface area contributed by atoms with Crippen molar-refractivity contribution in [1.29, 1.82) is 0 Å². The molecule has 1 saturated heterocycles. The molecule has 0 atom stereocenters. The molecule has 18 heavy (non-hydrogen) atoms. The number of nitrogens with one attached hydrogen (secondary N) is 1. The van der Waals surface area contributed by atoms with E-state index >= 15 is 0 Å². The second kappa shape index (κ2) is 5.86. The number of hydrogen-bond acceptors (Lipinski definition) is 3. The molecule has 0 spiro atoms. The Morgan fingerprint density at radius 2 is 1.61 bits per heavy atom. The quantitative estimate of drug-likeness (QED) is 0.825. The average molecular weight is 275 g/mol. The molecule has 0 aromatic rings. The zero-order chi connectivity index (χ0) is 13.2. The first kappa shape index (κ1) is 14.2. The summed E-state index contributed by atoms with van der Waals surface area (Å²) < 4.78 is 27.5. The molecule has 1 saturated carbocycles. The van der Waals surface area contributed by atoms with Crippen molar-refractivity contribution in [3.8, 4) is 0 Å². The minimum absolute atomic E-state index is 0.107. The maximum atomic E-state index is 11.7. The molecule has 5 nitrogen and oxygen atoms in total. The lowest BCUT2D eigenvalue weighted by molar-refractivity contribution is 0.151. The Hall–Kier alpha value is -0.170. The predicted octanol–water partition coefficient (Wildman–Crippen LogP) is 0.789. The molecule has 0 aromatic carbocycles. The van der Waals surface area contributed by atoms with Crippen LogP contribution in [0.2, 0.25) is 0 Å². The number of rotatable bonds is 4. The maximum absolute atomic E-state index is 11.7. The van der Waals surface area contributed by atoms with Crippen LogP contribution >= 0.6 is 0 Å². The van der Waals surface area contributed by atoms with Crippen molar-refractivity contribution in [1.82, 2.24) is 13.9 Å². The van der Waals surface area contributed by atoms with Crippen molar-refractivity contribution in [3.05, 3.63) is 0 Å². The van der Waals surface area contributed by atoms with Crippen LogP contribution in [-0.2, 0) is 10.2 Å². The summed E-state index contributed by atoms with van der Waals surface area (Å²) in [5, 5.41) is 0. The van der Waals surface area contributed by atoms with E-state index in [2.05, 4.69) is 9.62 Å². The van der Waals surface area contributed by atoms with Crippen molar-refractivity contribution in [3.63, 3.8) is 0 Å². The highest BCUT2D eigenvalue weighted by molar-refractivity contribution is 7.87. The summed E-state index contributed by atoms with van der Waals surface area (Å²) in [4.78, 5) is 2.55. The molecule has 0 unspecified atom stereocenters. The Labute approximate surface area is 111 Å². The molecule has 1 heterocycles. The third-order valence-electron chi connectivity index (χ3n) is 4.17. The smallest absolute Gasteiger partial charge is 0.279 e. The summed E-state index contributed by atoms with van der Waals surface area (Å²) in [5.41, 5.74) is 0. The van der Waals surface area contributed by atoms with E-state index in [-0.39, 0.29) is 6.04 Å². The molecule has 0 aromatic heterocycles. The SMILES string of the molecule is CN(C)S(=O)(=O)NC1CCN(C2CCCC2)CC1. The Morgan fingerprint density at radius 1 is 1.06 bits per heavy atom. The van der Waals surface area contributed by atoms with E-state index in [1.54, 1.807) is 14.1 Å². The van der Waals surface area contributed by atoms with Gasteiger partial charge in [-0.2, -0.15) is 17.4 Å². The molecular formula is C12H25N3O2S. The van der Waals surface area contributed by atoms with Crippen LogP contribution in [0.5, 0.6) is 0 Å². The van der Waals surface area contributed by atoms with Crippen LogP contribution in [0.3, 0.4) is 0 Å². The van der Waals surface area contributed by atoms with Crippen LogP contribution < -0.4 is 4.72 Å². The van der Waals surface area contributed by atoms with Crippen molar-refractivity contribution in [2.45, 2.75) is 50.6 Å². The Kier molecular flexibility index (Phi) is 4.64. The van der Waals surface area contributed by atoms with Gasteiger partial charge in [-0.3, -0.25) is 0 Å². The second-order valence-electron chi connectivity index (χ2n) is 5.65. The van der Waals surface area contributed by atoms with E-state index in [9.17, 15) is 8.42 Å². The van der Waals surface area contributed by atoms with Gasteiger partial charge in [0.1, 0.15) is 0 Å². The van der Waals surface area contributed by atoms with Crippen molar-refractivity contribution < 1.29 is 8.42 Å². The first-order chi connectivity index (χ1) is 8.49. The molecule has 2 rings (SSSR count). The van der Waals surface area contributed by atoms with Crippen molar-refractivity contribution >= 4 is 10.2 Å². The van der Waals surface area contributed by atoms with Crippen LogP contribution in [0.25, 0.3) is 0 Å². The highest BCUT2D eigenvalue weighted by Gasteiger charge is 2.29. The summed E-state index contributed by atoms with van der Waals surface area (Å²) in [7, 11) is -0.139. The minimum Gasteiger partial charge on any atom is -0.300 e. The summed E-state index contributed by atoms with van der Waals surface area (Å²) in [6.45, 7) is 2.07. The molecular weight excluding hydrogens is 250 g/mol. The third-order valence-corrected chi connectivity index (χ3v) is 5.76. The summed E-state index contributed by atoms with van der Waals surface area (Å²) >= 11 is 0. The monoisotopic (exact) mass is 275 g/mol. The Bertz CT molecular complexity index is 356. The van der Waals surface area contributed by atoms with E-state index in [0.717, 1.165) is 32.0 Å². The first-order valence-corrected chi connectivity index (χ1v) is 8.37. The van der Waals surface area contributed by atoms with Gasteiger partial charge in [-0.25, -0.2) is 0 Å². The molecule has 0 radical (unpaired) electrons. The van der Waals surface area contributed by atoms with E-state index in [1.807, 2.05) is 0 Å². The van der Waals surface area contributed by atoms with Gasteiger partial charge in [-0.15, -0.1) is 0 Å². The van der Waals surface area contributed by atoms with Crippen LogP contribution in [-0.4, -0.2) is 56.9 Å². The van der Waals surface area contributed by atoms with Gasteiger partial charge < -0.3 is 4.90 Å². The van der Waals surface area contributed by atoms with Crippen LogP contribution in [0.1, 0.15) is 38.5 Å². The molecule has 0 bridgehead atoms. The zero-order valence-electron chi connectivity index (χ0n) is 11.4. The third kappa shape index (κ3) is 3.44. The minimum atomic E-state index is -3.27. The summed E-state index contributed by atoms with van der Waals surface area (Å²) in [5.74, 6) is 0. The van der Waals surface area contributed by atoms with Gasteiger partial charge in [0.25, 0.3) is 10.2 Å². The van der Waals surface area contributed by atoms with Crippen molar-refractivity contribution in [2.24, 2.45) is 0 Å². The highest BCUT2D eigenvalue weighted by atomic mass is 32.2. The summed E-state index contributed by atoms with van der Waals surface area (Å²) in [6, 6.07) is 0.867. The largest absolute Gasteiger partial charge is 0.300 e. The number of piperidine rings is 1. The molecule has 1 aliphatic carbocycles. The number of nitrogens with zero attached hydrogens (tertiary/aromatic N) is 2. The molecule has 0 amide bonds. The van der Waals surface area contributed by atoms with Crippen LogP contribution in [0.15, 0.2) is 0 Å². The highest BCUT2D eigenvalue weighted by Crippen LogP contribution is 2.26. The van der Waals surface area contributed by atoms with E-state index in [1.165, 1.54) is 30.0 Å². The van der Waals surface area contributed by atoms with Crippen molar-refractivity contribution in [2.75, 3.05) is 27.2 Å². The number of likely N-dealkylation sites (tertiary alicyclic amines) is 1. The topological polar surface area (TPSA) is 52.7 Å². The van der Waals surface area contributed by atoms with Gasteiger partial charge in [-0.05, 0) is 38.8 Å². The Balaban J connectivity index is 1.80. The lowest BCUT2D eigenvalue weighted by atomic mass is 10.0. The van der Waals surface area contributed by atoms with E-state index in [4.69, 9.17) is 0 Å². The van der Waals surface area contributed by atoms with Gasteiger partial charge in [0.05, 0.1) is 0 Å². The van der Waals surface area contributed by atoms with Crippen LogP contribution in [0, 0.1) is 0 Å². The Morgan fingerprint density at radius 3 is 2.11 bits per heavy atom. The average Bonchev–Trinajstić information content (AvgIpc) is 2.83. The lowest BCUT2D eigenvalue weighted by Gasteiger charge is -2.36. The molecule has 6 heteroatoms. The zero-order valence-corrected chi connectivity index (χ0v) is 12.2. The van der Waals surface area contributed by atoms with Gasteiger partial charge in [0.15, 0.2) is 0 Å². The normalized spacial score (nSPS) is 25.1. The van der Waals surface area contributed by atoms with Gasteiger partial charge in [-0.1, -0.05) is 12.8 Å². The molecule has 1 N–H and O–H groups in total. The maximum Gasteiger partial charge on any atom is 0.279 e. The van der Waals surface area contributed by atoms with E-state index in [0.29, 0.717) is 0 Å². The second-order valence-corrected chi connectivity index (χ2v) is 7.57. The summed E-state index contributed by atoms with van der Waals surface area (Å²) in [6.07, 6.45) is 7.24. The molecule has 1 aliphatic heterocycles. The standard InChI is InChI=1S/C12H25N3O2S/c1-14(2)18(16,17)13-11-7-9-15(10-8-11)12-5-3-4-6-12/h11-13H,3-10H2,1-2H3. The predicted molar refractivity (Wildman–Crippen MR) is 72.6 cm³/mol. The molecule has 2 fully saturated rings. The van der Waals surface area contributed by atoms with Crippen LogP contribution in [0.4, 0.5) is 0 Å². The van der Waals surface area contributed by atoms with Gasteiger partial charge >= 0.3 is 0 Å². The van der Waals surface area contributed by atoms with E-state index < -0.39 is 10.2 Å². The fourth-order valence-electron chi connectivity index (χ4n) is 2.97. The van der Waals surface area contributed by atoms with Gasteiger partial charge in [0.2, 0.25) is 0 Å². The fraction of sp³-hybridized carbons (Fsp3) is 1.00. The molecule has 2 aliphatic rings.